The van der Waals surface area contributed by atoms with E-state index in [0.717, 1.165) is 5.56 Å². The number of rotatable bonds is 7. The van der Waals surface area contributed by atoms with Crippen molar-refractivity contribution in [3.8, 4) is 23.0 Å². The molecule has 0 fully saturated rings. The van der Waals surface area contributed by atoms with Crippen LogP contribution in [0.4, 0.5) is 5.69 Å². The Morgan fingerprint density at radius 3 is 2.19 bits per heavy atom. The molecule has 1 N–H and O–H groups in total. The Bertz CT molecular complexity index is 807. The predicted octanol–water partition coefficient (Wildman–Crippen LogP) is 4.33. The normalized spacial score (nSPS) is 10.2. The Kier molecular flexibility index (Phi) is 6.58. The quantitative estimate of drug-likeness (QED) is 0.775. The monoisotopic (exact) mass is 379 g/mol. The Hall–Kier alpha value is -2.60. The number of carbonyl (C=O) groups excluding carboxylic acids is 1. The van der Waals surface area contributed by atoms with Gasteiger partial charge in [-0.25, -0.2) is 0 Å². The standard InChI is InChI=1S/C19H22ClNO5/c1-6-26-18-13(20)8-12(9-17(18)25-5)19(22)21-14-10-16(24-4)15(23-3)7-11(14)2/h7-10H,6H2,1-5H3,(H,21,22). The maximum atomic E-state index is 12.7. The maximum Gasteiger partial charge on any atom is 0.255 e. The minimum Gasteiger partial charge on any atom is -0.493 e. The lowest BCUT2D eigenvalue weighted by Gasteiger charge is -2.15. The van der Waals surface area contributed by atoms with Crippen molar-refractivity contribution in [2.24, 2.45) is 0 Å². The molecule has 0 aliphatic carbocycles. The van der Waals surface area contributed by atoms with Crippen LogP contribution in [-0.4, -0.2) is 33.8 Å². The van der Waals surface area contributed by atoms with Crippen molar-refractivity contribution in [2.75, 3.05) is 33.3 Å². The molecule has 2 aromatic rings. The third kappa shape index (κ3) is 4.14. The van der Waals surface area contributed by atoms with Gasteiger partial charge in [-0.1, -0.05) is 11.6 Å². The van der Waals surface area contributed by atoms with Crippen LogP contribution < -0.4 is 24.3 Å². The zero-order valence-corrected chi connectivity index (χ0v) is 16.2. The lowest BCUT2D eigenvalue weighted by atomic mass is 10.1. The van der Waals surface area contributed by atoms with E-state index in [9.17, 15) is 4.79 Å². The van der Waals surface area contributed by atoms with E-state index in [4.69, 9.17) is 30.5 Å². The molecule has 6 nitrogen and oxygen atoms in total. The average molecular weight is 380 g/mol. The average Bonchev–Trinajstić information content (AvgIpc) is 2.64. The van der Waals surface area contributed by atoms with E-state index >= 15 is 0 Å². The van der Waals surface area contributed by atoms with Gasteiger partial charge < -0.3 is 24.3 Å². The van der Waals surface area contributed by atoms with Crippen LogP contribution in [0.1, 0.15) is 22.8 Å². The van der Waals surface area contributed by atoms with E-state index in [0.29, 0.717) is 45.9 Å². The largest absolute Gasteiger partial charge is 0.493 e. The lowest BCUT2D eigenvalue weighted by Crippen LogP contribution is -2.13. The lowest BCUT2D eigenvalue weighted by molar-refractivity contribution is 0.102. The van der Waals surface area contributed by atoms with Gasteiger partial charge in [-0.05, 0) is 37.6 Å². The molecule has 26 heavy (non-hydrogen) atoms. The van der Waals surface area contributed by atoms with Crippen LogP contribution in [0.15, 0.2) is 24.3 Å². The number of ether oxygens (including phenoxy) is 4. The number of halogens is 1. The van der Waals surface area contributed by atoms with Gasteiger partial charge in [0.05, 0.1) is 33.0 Å². The summed E-state index contributed by atoms with van der Waals surface area (Å²) >= 11 is 6.24. The number of carbonyl (C=O) groups is 1. The van der Waals surface area contributed by atoms with E-state index in [-0.39, 0.29) is 5.91 Å². The third-order valence-electron chi connectivity index (χ3n) is 3.76. The molecule has 0 bridgehead atoms. The molecular weight excluding hydrogens is 358 g/mol. The summed E-state index contributed by atoms with van der Waals surface area (Å²) in [5.41, 5.74) is 1.79. The van der Waals surface area contributed by atoms with Gasteiger partial charge in [0.1, 0.15) is 0 Å². The molecule has 0 unspecified atom stereocenters. The summed E-state index contributed by atoms with van der Waals surface area (Å²) in [4.78, 5) is 12.7. The summed E-state index contributed by atoms with van der Waals surface area (Å²) in [7, 11) is 4.59. The topological polar surface area (TPSA) is 66.0 Å². The number of benzene rings is 2. The number of methoxy groups -OCH3 is 3. The third-order valence-corrected chi connectivity index (χ3v) is 4.04. The summed E-state index contributed by atoms with van der Waals surface area (Å²) in [5, 5.41) is 3.16. The Balaban J connectivity index is 2.34. The Morgan fingerprint density at radius 1 is 1.00 bits per heavy atom. The van der Waals surface area contributed by atoms with Crippen LogP contribution in [0.2, 0.25) is 5.02 Å². The fraction of sp³-hybridized carbons (Fsp3) is 0.316. The van der Waals surface area contributed by atoms with Crippen LogP contribution >= 0.6 is 11.6 Å². The Morgan fingerprint density at radius 2 is 1.62 bits per heavy atom. The molecule has 0 spiro atoms. The molecule has 0 aliphatic rings. The van der Waals surface area contributed by atoms with Crippen molar-refractivity contribution in [3.05, 3.63) is 40.4 Å². The fourth-order valence-corrected chi connectivity index (χ4v) is 2.71. The smallest absolute Gasteiger partial charge is 0.255 e. The molecule has 0 saturated heterocycles. The van der Waals surface area contributed by atoms with Crippen molar-refractivity contribution in [2.45, 2.75) is 13.8 Å². The predicted molar refractivity (Wildman–Crippen MR) is 101 cm³/mol. The molecule has 0 heterocycles. The van der Waals surface area contributed by atoms with Gasteiger partial charge in [-0.2, -0.15) is 0 Å². The van der Waals surface area contributed by atoms with E-state index in [1.807, 2.05) is 13.8 Å². The molecular formula is C19H22ClNO5. The molecule has 0 radical (unpaired) electrons. The molecule has 140 valence electrons. The zero-order valence-electron chi connectivity index (χ0n) is 15.4. The summed E-state index contributed by atoms with van der Waals surface area (Å²) in [6.07, 6.45) is 0. The SMILES string of the molecule is CCOc1c(Cl)cc(C(=O)Nc2cc(OC)c(OC)cc2C)cc1OC. The summed E-state index contributed by atoms with van der Waals surface area (Å²) < 4.78 is 21.3. The number of aryl methyl sites for hydroxylation is 1. The zero-order chi connectivity index (χ0) is 19.3. The summed E-state index contributed by atoms with van der Waals surface area (Å²) in [6, 6.07) is 6.63. The van der Waals surface area contributed by atoms with Crippen LogP contribution in [-0.2, 0) is 0 Å². The number of amides is 1. The first-order chi connectivity index (χ1) is 12.4. The molecule has 7 heteroatoms. The van der Waals surface area contributed by atoms with Crippen molar-refractivity contribution >= 4 is 23.2 Å². The summed E-state index contributed by atoms with van der Waals surface area (Å²) in [5.74, 6) is 1.59. The van der Waals surface area contributed by atoms with Crippen LogP contribution in [0.3, 0.4) is 0 Å². The molecule has 2 rings (SSSR count). The molecule has 0 atom stereocenters. The van der Waals surface area contributed by atoms with Crippen LogP contribution in [0, 0.1) is 6.92 Å². The van der Waals surface area contributed by atoms with E-state index in [1.165, 1.54) is 14.2 Å². The van der Waals surface area contributed by atoms with E-state index in [2.05, 4.69) is 5.32 Å². The van der Waals surface area contributed by atoms with Crippen LogP contribution in [0.5, 0.6) is 23.0 Å². The van der Waals surface area contributed by atoms with Gasteiger partial charge in [0.2, 0.25) is 0 Å². The second-order valence-corrected chi connectivity index (χ2v) is 5.81. The highest BCUT2D eigenvalue weighted by Gasteiger charge is 2.17. The van der Waals surface area contributed by atoms with Crippen molar-refractivity contribution in [3.63, 3.8) is 0 Å². The number of hydrogen-bond donors (Lipinski definition) is 1. The molecule has 0 aliphatic heterocycles. The van der Waals surface area contributed by atoms with Gasteiger partial charge in [0, 0.05) is 17.3 Å². The number of nitrogens with one attached hydrogen (secondary N) is 1. The second kappa shape index (κ2) is 8.67. The van der Waals surface area contributed by atoms with Gasteiger partial charge >= 0.3 is 0 Å². The molecule has 2 aromatic carbocycles. The highest BCUT2D eigenvalue weighted by atomic mass is 35.5. The van der Waals surface area contributed by atoms with Gasteiger partial charge in [-0.15, -0.1) is 0 Å². The first kappa shape index (κ1) is 19.7. The van der Waals surface area contributed by atoms with Gasteiger partial charge in [0.25, 0.3) is 5.91 Å². The Labute approximate surface area is 158 Å². The van der Waals surface area contributed by atoms with Crippen molar-refractivity contribution in [1.82, 2.24) is 0 Å². The fourth-order valence-electron chi connectivity index (χ4n) is 2.45. The summed E-state index contributed by atoms with van der Waals surface area (Å²) in [6.45, 7) is 4.14. The highest BCUT2D eigenvalue weighted by Crippen LogP contribution is 2.37. The highest BCUT2D eigenvalue weighted by molar-refractivity contribution is 6.32. The molecule has 0 aromatic heterocycles. The van der Waals surface area contributed by atoms with Crippen molar-refractivity contribution in [1.29, 1.82) is 0 Å². The van der Waals surface area contributed by atoms with E-state index in [1.54, 1.807) is 31.4 Å². The van der Waals surface area contributed by atoms with Crippen molar-refractivity contribution < 1.29 is 23.7 Å². The van der Waals surface area contributed by atoms with Gasteiger partial charge in [0.15, 0.2) is 23.0 Å². The number of hydrogen-bond acceptors (Lipinski definition) is 5. The molecule has 0 saturated carbocycles. The minimum absolute atomic E-state index is 0.306. The maximum absolute atomic E-state index is 12.7. The second-order valence-electron chi connectivity index (χ2n) is 5.40. The molecule has 1 amide bonds. The van der Waals surface area contributed by atoms with Crippen LogP contribution in [0.25, 0.3) is 0 Å². The van der Waals surface area contributed by atoms with Gasteiger partial charge in [-0.3, -0.25) is 4.79 Å². The number of anilines is 1. The first-order valence-corrected chi connectivity index (χ1v) is 8.37. The first-order valence-electron chi connectivity index (χ1n) is 7.99. The minimum atomic E-state index is -0.330. The van der Waals surface area contributed by atoms with E-state index < -0.39 is 0 Å².